The minimum atomic E-state index is -0.262. The number of benzene rings is 1. The van der Waals surface area contributed by atoms with Crippen LogP contribution in [0.5, 0.6) is 0 Å². The molecular formula is C11H11BrO2. The van der Waals surface area contributed by atoms with Gasteiger partial charge in [0.1, 0.15) is 6.61 Å². The van der Waals surface area contributed by atoms with E-state index in [1.807, 2.05) is 36.4 Å². The fourth-order valence-corrected chi connectivity index (χ4v) is 1.37. The zero-order valence-corrected chi connectivity index (χ0v) is 9.45. The Hall–Kier alpha value is -1.09. The van der Waals surface area contributed by atoms with Crippen LogP contribution in [0.4, 0.5) is 0 Å². The van der Waals surface area contributed by atoms with E-state index in [9.17, 15) is 4.79 Å². The van der Waals surface area contributed by atoms with Crippen molar-refractivity contribution < 1.29 is 9.53 Å². The molecule has 0 aliphatic carbocycles. The predicted molar refractivity (Wildman–Crippen MR) is 59.8 cm³/mol. The number of hydrogen-bond donors (Lipinski definition) is 0. The number of ether oxygens (including phenoxy) is 1. The smallest absolute Gasteiger partial charge is 0.302 e. The molecule has 14 heavy (non-hydrogen) atoms. The first-order valence-electron chi connectivity index (χ1n) is 4.24. The van der Waals surface area contributed by atoms with Gasteiger partial charge in [-0.2, -0.15) is 0 Å². The van der Waals surface area contributed by atoms with Crippen molar-refractivity contribution in [3.05, 3.63) is 40.4 Å². The molecule has 0 bridgehead atoms. The summed E-state index contributed by atoms with van der Waals surface area (Å²) < 4.78 is 5.79. The van der Waals surface area contributed by atoms with Crippen molar-refractivity contribution in [1.82, 2.24) is 0 Å². The highest BCUT2D eigenvalue weighted by Gasteiger charge is 1.92. The van der Waals surface area contributed by atoms with Gasteiger partial charge in [-0.05, 0) is 17.7 Å². The molecule has 0 saturated heterocycles. The largest absolute Gasteiger partial charge is 0.462 e. The lowest BCUT2D eigenvalue weighted by molar-refractivity contribution is -0.139. The highest BCUT2D eigenvalue weighted by atomic mass is 79.9. The Morgan fingerprint density at radius 1 is 1.50 bits per heavy atom. The zero-order valence-electron chi connectivity index (χ0n) is 7.87. The normalized spacial score (nSPS) is 10.4. The maximum atomic E-state index is 10.5. The van der Waals surface area contributed by atoms with Crippen LogP contribution in [-0.4, -0.2) is 12.6 Å². The first-order valence-corrected chi connectivity index (χ1v) is 5.04. The fraction of sp³-hybridized carbons (Fsp3) is 0.182. The molecule has 0 N–H and O–H groups in total. The number of hydrogen-bond acceptors (Lipinski definition) is 2. The average Bonchev–Trinajstić information content (AvgIpc) is 2.15. The van der Waals surface area contributed by atoms with Crippen molar-refractivity contribution in [2.24, 2.45) is 0 Å². The minimum Gasteiger partial charge on any atom is -0.462 e. The van der Waals surface area contributed by atoms with E-state index in [1.54, 1.807) is 0 Å². The molecule has 0 aliphatic rings. The number of rotatable bonds is 3. The quantitative estimate of drug-likeness (QED) is 0.776. The first-order chi connectivity index (χ1) is 6.70. The van der Waals surface area contributed by atoms with E-state index in [0.29, 0.717) is 6.61 Å². The molecule has 0 aliphatic heterocycles. The standard InChI is InChI=1S/C11H11BrO2/c1-9(13)14-8-4-6-10-5-2-3-7-11(10)12/h2-7H,8H2,1H3/b6-4+. The van der Waals surface area contributed by atoms with Gasteiger partial charge in [-0.15, -0.1) is 0 Å². The Morgan fingerprint density at radius 2 is 2.21 bits per heavy atom. The lowest BCUT2D eigenvalue weighted by Gasteiger charge is -1.97. The summed E-state index contributed by atoms with van der Waals surface area (Å²) in [4.78, 5) is 10.5. The van der Waals surface area contributed by atoms with Gasteiger partial charge in [-0.1, -0.05) is 40.2 Å². The van der Waals surface area contributed by atoms with Gasteiger partial charge in [0.15, 0.2) is 0 Å². The zero-order chi connectivity index (χ0) is 10.4. The van der Waals surface area contributed by atoms with Crippen molar-refractivity contribution in [2.75, 3.05) is 6.61 Å². The van der Waals surface area contributed by atoms with Gasteiger partial charge >= 0.3 is 5.97 Å². The highest BCUT2D eigenvalue weighted by molar-refractivity contribution is 9.10. The summed E-state index contributed by atoms with van der Waals surface area (Å²) in [6, 6.07) is 7.85. The van der Waals surface area contributed by atoms with E-state index in [0.717, 1.165) is 10.0 Å². The van der Waals surface area contributed by atoms with Crippen molar-refractivity contribution in [3.8, 4) is 0 Å². The molecule has 1 rings (SSSR count). The van der Waals surface area contributed by atoms with Crippen LogP contribution in [0, 0.1) is 0 Å². The molecule has 0 saturated carbocycles. The molecule has 74 valence electrons. The third kappa shape index (κ3) is 3.75. The van der Waals surface area contributed by atoms with Crippen molar-refractivity contribution in [3.63, 3.8) is 0 Å². The topological polar surface area (TPSA) is 26.3 Å². The second-order valence-electron chi connectivity index (χ2n) is 2.73. The monoisotopic (exact) mass is 254 g/mol. The third-order valence-corrected chi connectivity index (χ3v) is 2.31. The average molecular weight is 255 g/mol. The minimum absolute atomic E-state index is 0.262. The third-order valence-electron chi connectivity index (χ3n) is 1.59. The number of carbonyl (C=O) groups excluding carboxylic acids is 1. The summed E-state index contributed by atoms with van der Waals surface area (Å²) in [5.41, 5.74) is 1.07. The number of halogens is 1. The first kappa shape index (κ1) is 11.0. The van der Waals surface area contributed by atoms with Crippen LogP contribution >= 0.6 is 15.9 Å². The van der Waals surface area contributed by atoms with E-state index >= 15 is 0 Å². The Bertz CT molecular complexity index is 345. The predicted octanol–water partition coefficient (Wildman–Crippen LogP) is 3.03. The molecular weight excluding hydrogens is 244 g/mol. The van der Waals surface area contributed by atoms with E-state index in [1.165, 1.54) is 6.92 Å². The molecule has 0 atom stereocenters. The van der Waals surface area contributed by atoms with Gasteiger partial charge in [-0.25, -0.2) is 0 Å². The van der Waals surface area contributed by atoms with Crippen LogP contribution in [0.3, 0.4) is 0 Å². The highest BCUT2D eigenvalue weighted by Crippen LogP contribution is 2.16. The van der Waals surface area contributed by atoms with E-state index < -0.39 is 0 Å². The molecule has 1 aromatic carbocycles. The summed E-state index contributed by atoms with van der Waals surface area (Å²) in [5, 5.41) is 0. The van der Waals surface area contributed by atoms with Crippen molar-refractivity contribution in [1.29, 1.82) is 0 Å². The van der Waals surface area contributed by atoms with Crippen LogP contribution in [0.25, 0.3) is 6.08 Å². The molecule has 0 radical (unpaired) electrons. The summed E-state index contributed by atoms with van der Waals surface area (Å²) in [6.07, 6.45) is 3.72. The van der Waals surface area contributed by atoms with Crippen LogP contribution < -0.4 is 0 Å². The van der Waals surface area contributed by atoms with Gasteiger partial charge in [0, 0.05) is 11.4 Å². The van der Waals surface area contributed by atoms with Crippen LogP contribution in [0.2, 0.25) is 0 Å². The molecule has 0 amide bonds. The van der Waals surface area contributed by atoms with Gasteiger partial charge in [-0.3, -0.25) is 4.79 Å². The summed E-state index contributed by atoms with van der Waals surface area (Å²) in [7, 11) is 0. The Labute approximate surface area is 91.7 Å². The molecule has 0 aromatic heterocycles. The summed E-state index contributed by atoms with van der Waals surface area (Å²) in [5.74, 6) is -0.262. The van der Waals surface area contributed by atoms with E-state index in [-0.39, 0.29) is 5.97 Å². The SMILES string of the molecule is CC(=O)OC/C=C/c1ccccc1Br. The van der Waals surface area contributed by atoms with Crippen LogP contribution in [-0.2, 0) is 9.53 Å². The Kier molecular flexibility index (Phi) is 4.40. The summed E-state index contributed by atoms with van der Waals surface area (Å²) in [6.45, 7) is 1.71. The molecule has 3 heteroatoms. The maximum absolute atomic E-state index is 10.5. The molecule has 0 fully saturated rings. The molecule has 0 spiro atoms. The molecule has 2 nitrogen and oxygen atoms in total. The number of esters is 1. The lowest BCUT2D eigenvalue weighted by Crippen LogP contribution is -1.97. The van der Waals surface area contributed by atoms with Crippen molar-refractivity contribution in [2.45, 2.75) is 6.92 Å². The van der Waals surface area contributed by atoms with E-state index in [2.05, 4.69) is 15.9 Å². The van der Waals surface area contributed by atoms with Gasteiger partial charge in [0.2, 0.25) is 0 Å². The molecule has 1 aromatic rings. The second kappa shape index (κ2) is 5.60. The molecule has 0 unspecified atom stereocenters. The van der Waals surface area contributed by atoms with Crippen LogP contribution in [0.1, 0.15) is 12.5 Å². The van der Waals surface area contributed by atoms with Gasteiger partial charge < -0.3 is 4.74 Å². The number of carbonyl (C=O) groups is 1. The Balaban J connectivity index is 2.52. The Morgan fingerprint density at radius 3 is 2.86 bits per heavy atom. The van der Waals surface area contributed by atoms with Crippen LogP contribution in [0.15, 0.2) is 34.8 Å². The van der Waals surface area contributed by atoms with E-state index in [4.69, 9.17) is 4.74 Å². The van der Waals surface area contributed by atoms with Crippen molar-refractivity contribution >= 4 is 28.0 Å². The molecule has 0 heterocycles. The summed E-state index contributed by atoms with van der Waals surface area (Å²) >= 11 is 3.42. The van der Waals surface area contributed by atoms with Gasteiger partial charge in [0.05, 0.1) is 0 Å². The lowest BCUT2D eigenvalue weighted by atomic mass is 10.2. The maximum Gasteiger partial charge on any atom is 0.302 e. The fourth-order valence-electron chi connectivity index (χ4n) is 0.951. The second-order valence-corrected chi connectivity index (χ2v) is 3.58. The van der Waals surface area contributed by atoms with Gasteiger partial charge in [0.25, 0.3) is 0 Å².